The van der Waals surface area contributed by atoms with Gasteiger partial charge in [0, 0.05) is 11.5 Å². The van der Waals surface area contributed by atoms with Crippen LogP contribution in [0.4, 0.5) is 0 Å². The first-order valence-corrected chi connectivity index (χ1v) is 15.3. The Morgan fingerprint density at radius 3 is 1.50 bits per heavy atom. The number of hydrogen-bond acceptors (Lipinski definition) is 10. The highest BCUT2D eigenvalue weighted by Gasteiger charge is 2.13. The zero-order valence-corrected chi connectivity index (χ0v) is 21.8. The van der Waals surface area contributed by atoms with Crippen molar-refractivity contribution >= 4 is 65.8 Å². The molecule has 12 nitrogen and oxygen atoms in total. The van der Waals surface area contributed by atoms with Crippen LogP contribution in [0.25, 0.3) is 22.1 Å². The molecule has 16 heteroatoms. The summed E-state index contributed by atoms with van der Waals surface area (Å²) in [6.45, 7) is 1.79. The van der Waals surface area contributed by atoms with Crippen LogP contribution in [0.3, 0.4) is 0 Å². The van der Waals surface area contributed by atoms with E-state index in [0.717, 1.165) is 0 Å². The molecule has 0 aliphatic rings. The summed E-state index contributed by atoms with van der Waals surface area (Å²) >= 11 is 2.85. The lowest BCUT2D eigenvalue weighted by molar-refractivity contribution is 0.0605. The van der Waals surface area contributed by atoms with Gasteiger partial charge >= 0.3 is 0 Å². The number of fused-ring (bicyclic) bond motifs is 2. The summed E-state index contributed by atoms with van der Waals surface area (Å²) in [5.74, 6) is 1.26. The third-order valence-corrected chi connectivity index (χ3v) is 8.14. The van der Waals surface area contributed by atoms with Gasteiger partial charge in [-0.15, -0.1) is 0 Å². The molecule has 4 rings (SSSR count). The Balaban J connectivity index is 1.09. The Bertz CT molecular complexity index is 1450. The molecule has 0 amide bonds. The predicted molar refractivity (Wildman–Crippen MR) is 135 cm³/mol. The summed E-state index contributed by atoms with van der Waals surface area (Å²) in [4.78, 5) is 14.4. The average molecular weight is 575 g/mol. The minimum absolute atomic E-state index is 0.191. The lowest BCUT2D eigenvalue weighted by Crippen LogP contribution is -2.08. The van der Waals surface area contributed by atoms with Gasteiger partial charge in [-0.3, -0.25) is 9.11 Å². The number of nitrogens with zero attached hydrogens (tertiary/aromatic N) is 2. The molecule has 0 atom stereocenters. The summed E-state index contributed by atoms with van der Waals surface area (Å²) < 4.78 is 74.3. The number of nitrogens with one attached hydrogen (secondary N) is 2. The van der Waals surface area contributed by atoms with Gasteiger partial charge in [-0.05, 0) is 36.4 Å². The molecule has 0 fully saturated rings. The number of rotatable bonds is 13. The smallest absolute Gasteiger partial charge is 0.294 e. The van der Waals surface area contributed by atoms with E-state index in [1.165, 1.54) is 59.9 Å². The Morgan fingerprint density at radius 2 is 1.11 bits per heavy atom. The average Bonchev–Trinajstić information content (AvgIpc) is 3.41. The number of H-pyrrole nitrogens is 2. The van der Waals surface area contributed by atoms with Gasteiger partial charge in [-0.1, -0.05) is 23.5 Å². The maximum atomic E-state index is 11.2. The van der Waals surface area contributed by atoms with Crippen LogP contribution in [0.5, 0.6) is 0 Å². The van der Waals surface area contributed by atoms with E-state index in [0.29, 0.717) is 70.3 Å². The largest absolute Gasteiger partial charge is 0.378 e. The molecule has 4 N–H and O–H groups in total. The molecule has 0 saturated heterocycles. The van der Waals surface area contributed by atoms with Crippen molar-refractivity contribution in [3.63, 3.8) is 0 Å². The van der Waals surface area contributed by atoms with Crippen molar-refractivity contribution in [3.05, 3.63) is 36.4 Å². The highest BCUT2D eigenvalue weighted by Crippen LogP contribution is 2.23. The van der Waals surface area contributed by atoms with E-state index < -0.39 is 20.2 Å². The van der Waals surface area contributed by atoms with Crippen molar-refractivity contribution in [2.24, 2.45) is 0 Å². The van der Waals surface area contributed by atoms with Crippen LogP contribution in [0.2, 0.25) is 0 Å². The highest BCUT2D eigenvalue weighted by atomic mass is 32.2. The first-order chi connectivity index (χ1) is 17.1. The Morgan fingerprint density at radius 1 is 0.694 bits per heavy atom. The fraction of sp³-hybridized carbons (Fsp3) is 0.300. The van der Waals surface area contributed by atoms with Crippen molar-refractivity contribution < 1.29 is 35.4 Å². The molecule has 0 aliphatic heterocycles. The lowest BCUT2D eigenvalue weighted by atomic mass is 10.3. The number of benzene rings is 2. The molecule has 0 spiro atoms. The molecule has 0 bridgehead atoms. The highest BCUT2D eigenvalue weighted by molar-refractivity contribution is 7.99. The summed E-state index contributed by atoms with van der Waals surface area (Å²) in [5.41, 5.74) is 2.24. The molecule has 4 aromatic rings. The molecule has 0 saturated carbocycles. The maximum absolute atomic E-state index is 11.2. The van der Waals surface area contributed by atoms with Crippen molar-refractivity contribution in [2.75, 3.05) is 37.9 Å². The number of aromatic amines is 2. The van der Waals surface area contributed by atoms with Gasteiger partial charge in [0.05, 0.1) is 58.3 Å². The normalized spacial score (nSPS) is 12.6. The van der Waals surface area contributed by atoms with Crippen LogP contribution in [0, 0.1) is 0 Å². The summed E-state index contributed by atoms with van der Waals surface area (Å²) in [6, 6.07) is 8.32. The van der Waals surface area contributed by atoms with Gasteiger partial charge < -0.3 is 19.4 Å². The minimum atomic E-state index is -4.27. The van der Waals surface area contributed by atoms with E-state index >= 15 is 0 Å². The van der Waals surface area contributed by atoms with Crippen LogP contribution >= 0.6 is 23.5 Å². The van der Waals surface area contributed by atoms with E-state index in [1.54, 1.807) is 0 Å². The molecule has 36 heavy (non-hydrogen) atoms. The molecule has 0 radical (unpaired) electrons. The Kier molecular flexibility index (Phi) is 8.56. The number of hydrogen-bond donors (Lipinski definition) is 4. The van der Waals surface area contributed by atoms with Gasteiger partial charge in [0.25, 0.3) is 20.2 Å². The van der Waals surface area contributed by atoms with Crippen LogP contribution in [-0.2, 0) is 29.7 Å². The third-order valence-electron chi connectivity index (χ3n) is 4.76. The Hall–Kier alpha value is -2.18. The maximum Gasteiger partial charge on any atom is 0.294 e. The second kappa shape index (κ2) is 11.5. The Labute approximate surface area is 215 Å². The first kappa shape index (κ1) is 26.9. The lowest BCUT2D eigenvalue weighted by Gasteiger charge is -2.04. The van der Waals surface area contributed by atoms with Crippen LogP contribution in [0.15, 0.2) is 56.5 Å². The topological polar surface area (TPSA) is 185 Å². The number of imidazole rings is 2. The van der Waals surface area contributed by atoms with Crippen molar-refractivity contribution in [1.82, 2.24) is 19.9 Å². The summed E-state index contributed by atoms with van der Waals surface area (Å²) in [6.07, 6.45) is 0. The molecule has 0 aliphatic carbocycles. The van der Waals surface area contributed by atoms with Gasteiger partial charge in [-0.2, -0.15) is 16.8 Å². The SMILES string of the molecule is O=S(=O)(O)c1ccc2nc(SCCOCCOCCSc3nc4ccc(S(=O)(=O)O)cc4[nH]3)[nH]c2c1. The first-order valence-electron chi connectivity index (χ1n) is 10.5. The molecular weight excluding hydrogens is 553 g/mol. The van der Waals surface area contributed by atoms with E-state index in [4.69, 9.17) is 18.6 Å². The third kappa shape index (κ3) is 7.19. The van der Waals surface area contributed by atoms with Gasteiger partial charge in [0.2, 0.25) is 0 Å². The van der Waals surface area contributed by atoms with Gasteiger partial charge in [0.1, 0.15) is 0 Å². The van der Waals surface area contributed by atoms with E-state index in [1.807, 2.05) is 0 Å². The van der Waals surface area contributed by atoms with E-state index in [9.17, 15) is 16.8 Å². The van der Waals surface area contributed by atoms with Crippen LogP contribution < -0.4 is 0 Å². The van der Waals surface area contributed by atoms with Crippen molar-refractivity contribution in [2.45, 2.75) is 20.1 Å². The summed E-state index contributed by atoms with van der Waals surface area (Å²) in [5, 5.41) is 1.24. The second-order valence-electron chi connectivity index (χ2n) is 7.31. The van der Waals surface area contributed by atoms with Gasteiger partial charge in [0.15, 0.2) is 10.3 Å². The molecule has 2 aromatic heterocycles. The molecule has 2 aromatic carbocycles. The zero-order valence-electron chi connectivity index (χ0n) is 18.6. The van der Waals surface area contributed by atoms with E-state index in [2.05, 4.69) is 19.9 Å². The standard InChI is InChI=1S/C20H22N4O8S4/c25-35(26,27)13-1-3-15-17(11-13)23-19(21-15)33-9-7-31-5-6-32-8-10-34-20-22-16-4-2-14(36(28,29)30)12-18(16)24-20/h1-4,11-12H,5-10H2,(H,21,23)(H,22,24)(H,25,26,27)(H,28,29,30). The number of thioether (sulfide) groups is 2. The predicted octanol–water partition coefficient (Wildman–Crippen LogP) is 2.85. The van der Waals surface area contributed by atoms with Crippen molar-refractivity contribution in [3.8, 4) is 0 Å². The van der Waals surface area contributed by atoms with Crippen molar-refractivity contribution in [1.29, 1.82) is 0 Å². The van der Waals surface area contributed by atoms with Crippen LogP contribution in [-0.4, -0.2) is 83.8 Å². The number of aromatic nitrogens is 4. The monoisotopic (exact) mass is 574 g/mol. The summed E-state index contributed by atoms with van der Waals surface area (Å²) in [7, 11) is -8.53. The molecule has 2 heterocycles. The quantitative estimate of drug-likeness (QED) is 0.104. The fourth-order valence-corrected chi connectivity index (χ4v) is 5.60. The van der Waals surface area contributed by atoms with E-state index in [-0.39, 0.29) is 9.79 Å². The van der Waals surface area contributed by atoms with Gasteiger partial charge in [-0.25, -0.2) is 9.97 Å². The molecular formula is C20H22N4O8S4. The fourth-order valence-electron chi connectivity index (χ4n) is 3.10. The second-order valence-corrected chi connectivity index (χ2v) is 12.3. The number of ether oxygens (including phenoxy) is 2. The zero-order chi connectivity index (χ0) is 25.8. The van der Waals surface area contributed by atoms with Crippen LogP contribution in [0.1, 0.15) is 0 Å². The minimum Gasteiger partial charge on any atom is -0.378 e. The molecule has 0 unspecified atom stereocenters. The molecule has 194 valence electrons.